The van der Waals surface area contributed by atoms with E-state index in [1.807, 2.05) is 6.92 Å². The number of carbonyl (C=O) groups is 2. The van der Waals surface area contributed by atoms with Crippen LogP contribution in [0.25, 0.3) is 10.6 Å². The first-order chi connectivity index (χ1) is 12.7. The number of piperidine rings is 1. The van der Waals surface area contributed by atoms with Gasteiger partial charge in [-0.2, -0.15) is 13.2 Å². The van der Waals surface area contributed by atoms with Crippen molar-refractivity contribution in [2.24, 2.45) is 5.92 Å². The van der Waals surface area contributed by atoms with Gasteiger partial charge in [-0.25, -0.2) is 4.98 Å². The molecular formula is C18H17F3N2O3S. The number of thiazole rings is 1. The molecule has 0 saturated carbocycles. The maximum Gasteiger partial charge on any atom is 0.416 e. The first kappa shape index (κ1) is 19.3. The fraction of sp³-hybridized carbons (Fsp3) is 0.389. The number of hydrogen-bond acceptors (Lipinski definition) is 4. The van der Waals surface area contributed by atoms with E-state index in [1.54, 1.807) is 0 Å². The molecule has 2 atom stereocenters. The monoisotopic (exact) mass is 398 g/mol. The Bertz CT molecular complexity index is 866. The third-order valence-corrected chi connectivity index (χ3v) is 5.54. The third kappa shape index (κ3) is 4.13. The van der Waals surface area contributed by atoms with E-state index >= 15 is 0 Å². The number of aromatic nitrogens is 1. The molecule has 0 aliphatic carbocycles. The van der Waals surface area contributed by atoms with Gasteiger partial charge in [-0.15, -0.1) is 11.3 Å². The van der Waals surface area contributed by atoms with Crippen LogP contribution in [0.15, 0.2) is 29.6 Å². The topological polar surface area (TPSA) is 70.5 Å². The van der Waals surface area contributed by atoms with Gasteiger partial charge in [-0.05, 0) is 31.9 Å². The summed E-state index contributed by atoms with van der Waals surface area (Å²) in [5.41, 5.74) is -0.383. The summed E-state index contributed by atoms with van der Waals surface area (Å²) >= 11 is 1.08. The van der Waals surface area contributed by atoms with Crippen LogP contribution in [-0.4, -0.2) is 39.5 Å². The number of likely N-dealkylation sites (tertiary alicyclic amines) is 1. The molecule has 9 heteroatoms. The van der Waals surface area contributed by atoms with Crippen LogP contribution in [0.3, 0.4) is 0 Å². The third-order valence-electron chi connectivity index (χ3n) is 4.65. The Kier molecular flexibility index (Phi) is 5.23. The first-order valence-corrected chi connectivity index (χ1v) is 9.21. The molecule has 1 saturated heterocycles. The minimum Gasteiger partial charge on any atom is -0.481 e. The Labute approximate surface area is 157 Å². The Balaban J connectivity index is 1.83. The van der Waals surface area contributed by atoms with Gasteiger partial charge in [0.15, 0.2) is 0 Å². The van der Waals surface area contributed by atoms with Crippen molar-refractivity contribution in [1.82, 2.24) is 9.88 Å². The van der Waals surface area contributed by atoms with E-state index in [2.05, 4.69) is 4.98 Å². The lowest BCUT2D eigenvalue weighted by Gasteiger charge is -2.36. The van der Waals surface area contributed by atoms with Crippen molar-refractivity contribution in [3.63, 3.8) is 0 Å². The summed E-state index contributed by atoms with van der Waals surface area (Å²) in [4.78, 5) is 29.6. The van der Waals surface area contributed by atoms with Crippen molar-refractivity contribution in [2.45, 2.75) is 32.0 Å². The molecule has 0 spiro atoms. The van der Waals surface area contributed by atoms with Crippen molar-refractivity contribution in [1.29, 1.82) is 0 Å². The number of hydrogen-bond donors (Lipinski definition) is 1. The zero-order valence-electron chi connectivity index (χ0n) is 14.4. The number of aliphatic carboxylic acids is 1. The quantitative estimate of drug-likeness (QED) is 0.843. The Hall–Kier alpha value is -2.42. The maximum atomic E-state index is 12.9. The maximum absolute atomic E-state index is 12.9. The van der Waals surface area contributed by atoms with Crippen LogP contribution >= 0.6 is 11.3 Å². The lowest BCUT2D eigenvalue weighted by atomic mass is 9.93. The molecule has 2 aromatic rings. The van der Waals surface area contributed by atoms with Crippen molar-refractivity contribution in [2.75, 3.05) is 6.54 Å². The molecule has 144 valence electrons. The largest absolute Gasteiger partial charge is 0.481 e. The van der Waals surface area contributed by atoms with Crippen LogP contribution in [0.1, 0.15) is 35.8 Å². The molecule has 27 heavy (non-hydrogen) atoms. The van der Waals surface area contributed by atoms with Gasteiger partial charge < -0.3 is 10.0 Å². The zero-order chi connectivity index (χ0) is 19.8. The minimum atomic E-state index is -4.46. The first-order valence-electron chi connectivity index (χ1n) is 8.33. The van der Waals surface area contributed by atoms with Crippen LogP contribution in [-0.2, 0) is 11.0 Å². The van der Waals surface area contributed by atoms with Crippen molar-refractivity contribution in [3.8, 4) is 10.6 Å². The molecule has 2 unspecified atom stereocenters. The minimum absolute atomic E-state index is 0.103. The number of carboxylic acids is 1. The number of rotatable bonds is 3. The number of alkyl halides is 3. The fourth-order valence-corrected chi connectivity index (χ4v) is 3.86. The van der Waals surface area contributed by atoms with Gasteiger partial charge in [0.05, 0.1) is 11.5 Å². The molecule has 3 rings (SSSR count). The molecule has 1 aromatic heterocycles. The highest BCUT2D eigenvalue weighted by Crippen LogP contribution is 2.33. The average Bonchev–Trinajstić information content (AvgIpc) is 3.11. The predicted octanol–water partition coefficient (Wildman–Crippen LogP) is 4.15. The molecule has 1 aliphatic rings. The van der Waals surface area contributed by atoms with Crippen LogP contribution in [0, 0.1) is 5.92 Å². The number of amides is 1. The standard InChI is InChI=1S/C18H17F3N2O3S/c1-10-5-6-12(17(25)26)8-23(10)16(24)14-9-27-15(22-14)11-3-2-4-13(7-11)18(19,20)21/h2-4,7,9-10,12H,5-6,8H2,1H3,(H,25,26). The summed E-state index contributed by atoms with van der Waals surface area (Å²) in [6, 6.07) is 4.66. The summed E-state index contributed by atoms with van der Waals surface area (Å²) in [7, 11) is 0. The lowest BCUT2D eigenvalue weighted by Crippen LogP contribution is -2.47. The lowest BCUT2D eigenvalue weighted by molar-refractivity contribution is -0.143. The summed E-state index contributed by atoms with van der Waals surface area (Å²) in [5, 5.41) is 11.0. The smallest absolute Gasteiger partial charge is 0.416 e. The van der Waals surface area contributed by atoms with Gasteiger partial charge in [0.25, 0.3) is 5.91 Å². The van der Waals surface area contributed by atoms with Gasteiger partial charge in [0.2, 0.25) is 0 Å². The fourth-order valence-electron chi connectivity index (χ4n) is 3.07. The van der Waals surface area contributed by atoms with Crippen LogP contribution < -0.4 is 0 Å². The highest BCUT2D eigenvalue weighted by molar-refractivity contribution is 7.13. The molecule has 1 aromatic carbocycles. The van der Waals surface area contributed by atoms with E-state index in [1.165, 1.54) is 22.4 Å². The predicted molar refractivity (Wildman–Crippen MR) is 93.4 cm³/mol. The highest BCUT2D eigenvalue weighted by Gasteiger charge is 2.34. The second-order valence-corrected chi connectivity index (χ2v) is 7.39. The number of benzene rings is 1. The summed E-state index contributed by atoms with van der Waals surface area (Å²) in [5.74, 6) is -1.96. The summed E-state index contributed by atoms with van der Waals surface area (Å²) in [6.45, 7) is 1.95. The van der Waals surface area contributed by atoms with Gasteiger partial charge in [0, 0.05) is 23.5 Å². The molecule has 1 N–H and O–H groups in total. The number of carbonyl (C=O) groups excluding carboxylic acids is 1. The summed E-state index contributed by atoms with van der Waals surface area (Å²) < 4.78 is 38.6. The highest BCUT2D eigenvalue weighted by atomic mass is 32.1. The van der Waals surface area contributed by atoms with Gasteiger partial charge >= 0.3 is 12.1 Å². The Morgan fingerprint density at radius 3 is 2.70 bits per heavy atom. The van der Waals surface area contributed by atoms with E-state index in [-0.39, 0.29) is 23.8 Å². The van der Waals surface area contributed by atoms with E-state index in [0.29, 0.717) is 17.8 Å². The molecule has 1 aliphatic heterocycles. The van der Waals surface area contributed by atoms with Gasteiger partial charge in [-0.3, -0.25) is 9.59 Å². The number of halogens is 3. The molecule has 0 radical (unpaired) electrons. The molecule has 1 amide bonds. The number of nitrogens with zero attached hydrogens (tertiary/aromatic N) is 2. The van der Waals surface area contributed by atoms with Gasteiger partial charge in [0.1, 0.15) is 10.7 Å². The van der Waals surface area contributed by atoms with Gasteiger partial charge in [-0.1, -0.05) is 12.1 Å². The van der Waals surface area contributed by atoms with E-state index in [9.17, 15) is 27.9 Å². The average molecular weight is 398 g/mol. The van der Waals surface area contributed by atoms with E-state index in [4.69, 9.17) is 0 Å². The molecule has 0 bridgehead atoms. The Morgan fingerprint density at radius 1 is 1.30 bits per heavy atom. The van der Waals surface area contributed by atoms with Crippen LogP contribution in [0.2, 0.25) is 0 Å². The van der Waals surface area contributed by atoms with Crippen molar-refractivity contribution in [3.05, 3.63) is 40.9 Å². The second kappa shape index (κ2) is 7.30. The number of carboxylic acid groups (broad SMARTS) is 1. The molecule has 1 fully saturated rings. The second-order valence-electron chi connectivity index (χ2n) is 6.54. The molecule has 5 nitrogen and oxygen atoms in total. The van der Waals surface area contributed by atoms with Crippen LogP contribution in [0.5, 0.6) is 0 Å². The zero-order valence-corrected chi connectivity index (χ0v) is 15.2. The molecule has 2 heterocycles. The van der Waals surface area contributed by atoms with Crippen molar-refractivity contribution >= 4 is 23.2 Å². The Morgan fingerprint density at radius 2 is 2.04 bits per heavy atom. The summed E-state index contributed by atoms with van der Waals surface area (Å²) in [6.07, 6.45) is -3.37. The normalized spacial score (nSPS) is 20.5. The SMILES string of the molecule is CC1CCC(C(=O)O)CN1C(=O)c1csc(-c2cccc(C(F)(F)F)c2)n1. The van der Waals surface area contributed by atoms with E-state index < -0.39 is 29.5 Å². The molecular weight excluding hydrogens is 381 g/mol. The van der Waals surface area contributed by atoms with Crippen LogP contribution in [0.4, 0.5) is 13.2 Å². The van der Waals surface area contributed by atoms with Crippen molar-refractivity contribution < 1.29 is 27.9 Å². The van der Waals surface area contributed by atoms with E-state index in [0.717, 1.165) is 23.5 Å².